The number of unbranched alkanes of at least 4 members (excludes halogenated alkanes) is 1. The van der Waals surface area contributed by atoms with E-state index in [4.69, 9.17) is 21.1 Å². The first-order valence-corrected chi connectivity index (χ1v) is 15.2. The Bertz CT molecular complexity index is 1750. The van der Waals surface area contributed by atoms with Gasteiger partial charge in [0.25, 0.3) is 11.1 Å². The van der Waals surface area contributed by atoms with Crippen molar-refractivity contribution in [1.82, 2.24) is 4.90 Å². The van der Waals surface area contributed by atoms with Crippen molar-refractivity contribution in [2.75, 3.05) is 18.5 Å². The lowest BCUT2D eigenvalue weighted by Crippen LogP contribution is -2.36. The fourth-order valence-electron chi connectivity index (χ4n) is 4.43. The van der Waals surface area contributed by atoms with Crippen LogP contribution in [0.5, 0.6) is 5.75 Å². The summed E-state index contributed by atoms with van der Waals surface area (Å²) >= 11 is 6.90. The van der Waals surface area contributed by atoms with Crippen molar-refractivity contribution in [3.63, 3.8) is 0 Å². The molecule has 44 heavy (non-hydrogen) atoms. The van der Waals surface area contributed by atoms with Gasteiger partial charge in [-0.3, -0.25) is 19.3 Å². The number of halogens is 1. The van der Waals surface area contributed by atoms with Gasteiger partial charge in [0, 0.05) is 5.69 Å². The van der Waals surface area contributed by atoms with Crippen LogP contribution in [0.2, 0.25) is 5.02 Å². The number of amides is 3. The Kier molecular flexibility index (Phi) is 9.99. The van der Waals surface area contributed by atoms with Gasteiger partial charge in [0.1, 0.15) is 18.9 Å². The van der Waals surface area contributed by atoms with Crippen LogP contribution in [-0.2, 0) is 20.9 Å². The predicted molar refractivity (Wildman–Crippen MR) is 173 cm³/mol. The van der Waals surface area contributed by atoms with Crippen molar-refractivity contribution in [3.8, 4) is 5.75 Å². The summed E-state index contributed by atoms with van der Waals surface area (Å²) < 4.78 is 11.1. The summed E-state index contributed by atoms with van der Waals surface area (Å²) in [5.74, 6) is -1.10. The topological polar surface area (TPSA) is 102 Å². The molecule has 1 N–H and O–H groups in total. The number of nitrogens with zero attached hydrogens (tertiary/aromatic N) is 1. The summed E-state index contributed by atoms with van der Waals surface area (Å²) in [4.78, 5) is 51.7. The molecule has 1 saturated heterocycles. The normalized spacial score (nSPS) is 13.9. The number of hydrogen-bond acceptors (Lipinski definition) is 7. The number of fused-ring (bicyclic) bond motifs is 1. The molecule has 0 spiro atoms. The standard InChI is InChI=1S/C34H29ClN2O6S/c1-2-3-16-42-33(40)28-19-26(12-15-29(28)35)36-31(38)20-37-32(39)30(44-34(37)41)18-22-9-13-27(14-10-22)43-21-23-8-11-24-6-4-5-7-25(24)17-23/h4-15,17-19H,2-3,16,20-21H2,1H3,(H,36,38)/b30-18-. The molecule has 0 unspecified atom stereocenters. The number of carbonyl (C=O) groups excluding carboxylic acids is 4. The third kappa shape index (κ3) is 7.67. The van der Waals surface area contributed by atoms with Crippen molar-refractivity contribution >= 4 is 68.9 Å². The Morgan fingerprint density at radius 1 is 0.955 bits per heavy atom. The van der Waals surface area contributed by atoms with Crippen LogP contribution in [-0.4, -0.2) is 41.1 Å². The zero-order valence-corrected chi connectivity index (χ0v) is 25.5. The molecule has 10 heteroatoms. The van der Waals surface area contributed by atoms with E-state index in [1.165, 1.54) is 23.6 Å². The molecule has 8 nitrogen and oxygen atoms in total. The minimum Gasteiger partial charge on any atom is -0.489 e. The largest absolute Gasteiger partial charge is 0.489 e. The van der Waals surface area contributed by atoms with Crippen molar-refractivity contribution in [3.05, 3.63) is 112 Å². The molecule has 1 fully saturated rings. The van der Waals surface area contributed by atoms with E-state index in [9.17, 15) is 19.2 Å². The van der Waals surface area contributed by atoms with E-state index in [2.05, 4.69) is 29.6 Å². The third-order valence-electron chi connectivity index (χ3n) is 6.77. The first-order valence-electron chi connectivity index (χ1n) is 14.0. The van der Waals surface area contributed by atoms with Gasteiger partial charge in [-0.1, -0.05) is 73.5 Å². The average Bonchev–Trinajstić information content (AvgIpc) is 3.28. The lowest BCUT2D eigenvalue weighted by molar-refractivity contribution is -0.127. The third-order valence-corrected chi connectivity index (χ3v) is 8.01. The van der Waals surface area contributed by atoms with Crippen LogP contribution in [0.1, 0.15) is 41.3 Å². The first-order chi connectivity index (χ1) is 21.3. The molecule has 224 valence electrons. The number of nitrogens with one attached hydrogen (secondary N) is 1. The van der Waals surface area contributed by atoms with Gasteiger partial charge in [0.15, 0.2) is 0 Å². The van der Waals surface area contributed by atoms with E-state index >= 15 is 0 Å². The second kappa shape index (κ2) is 14.2. The smallest absolute Gasteiger partial charge is 0.339 e. The number of anilines is 1. The van der Waals surface area contributed by atoms with Crippen LogP contribution in [0.4, 0.5) is 10.5 Å². The predicted octanol–water partition coefficient (Wildman–Crippen LogP) is 7.70. The Balaban J connectivity index is 1.16. The number of ether oxygens (including phenoxy) is 2. The molecule has 1 heterocycles. The van der Waals surface area contributed by atoms with Crippen molar-refractivity contribution in [2.45, 2.75) is 26.4 Å². The number of rotatable bonds is 11. The van der Waals surface area contributed by atoms with E-state index in [-0.39, 0.29) is 27.8 Å². The van der Waals surface area contributed by atoms with E-state index in [1.807, 2.05) is 25.1 Å². The number of hydrogen-bond donors (Lipinski definition) is 1. The Morgan fingerprint density at radius 2 is 1.73 bits per heavy atom. The summed E-state index contributed by atoms with van der Waals surface area (Å²) in [5, 5.41) is 4.56. The lowest BCUT2D eigenvalue weighted by atomic mass is 10.1. The maximum Gasteiger partial charge on any atom is 0.339 e. The minimum atomic E-state index is -0.603. The van der Waals surface area contributed by atoms with Crippen LogP contribution in [0.25, 0.3) is 16.8 Å². The Morgan fingerprint density at radius 3 is 2.50 bits per heavy atom. The molecule has 4 aromatic carbocycles. The molecular weight excluding hydrogens is 600 g/mol. The number of carbonyl (C=O) groups is 4. The van der Waals surface area contributed by atoms with Gasteiger partial charge >= 0.3 is 5.97 Å². The van der Waals surface area contributed by atoms with Gasteiger partial charge in [0.2, 0.25) is 5.91 Å². The first kappa shape index (κ1) is 30.8. The summed E-state index contributed by atoms with van der Waals surface area (Å²) in [6.07, 6.45) is 3.19. The zero-order valence-electron chi connectivity index (χ0n) is 23.9. The molecule has 0 atom stereocenters. The van der Waals surface area contributed by atoms with Crippen LogP contribution in [0, 0.1) is 0 Å². The highest BCUT2D eigenvalue weighted by atomic mass is 35.5. The zero-order chi connectivity index (χ0) is 31.1. The monoisotopic (exact) mass is 628 g/mol. The molecule has 1 aliphatic heterocycles. The van der Waals surface area contributed by atoms with E-state index in [1.54, 1.807) is 30.3 Å². The average molecular weight is 629 g/mol. The minimum absolute atomic E-state index is 0.111. The van der Waals surface area contributed by atoms with Gasteiger partial charge in [-0.15, -0.1) is 0 Å². The van der Waals surface area contributed by atoms with Crippen LogP contribution in [0.3, 0.4) is 0 Å². The molecule has 0 aromatic heterocycles. The Labute approximate surface area is 264 Å². The highest BCUT2D eigenvalue weighted by molar-refractivity contribution is 8.18. The molecular formula is C34H29ClN2O6S. The highest BCUT2D eigenvalue weighted by Crippen LogP contribution is 2.32. The van der Waals surface area contributed by atoms with Crippen molar-refractivity contribution < 1.29 is 28.7 Å². The van der Waals surface area contributed by atoms with Gasteiger partial charge < -0.3 is 14.8 Å². The summed E-state index contributed by atoms with van der Waals surface area (Å²) in [7, 11) is 0. The van der Waals surface area contributed by atoms with Gasteiger partial charge in [-0.25, -0.2) is 4.79 Å². The number of esters is 1. The molecule has 0 saturated carbocycles. The quantitative estimate of drug-likeness (QED) is 0.103. The molecule has 4 aromatic rings. The van der Waals surface area contributed by atoms with Crippen LogP contribution in [0.15, 0.2) is 89.8 Å². The highest BCUT2D eigenvalue weighted by Gasteiger charge is 2.36. The molecule has 0 bridgehead atoms. The molecule has 3 amide bonds. The lowest BCUT2D eigenvalue weighted by Gasteiger charge is -2.13. The second-order valence-corrected chi connectivity index (χ2v) is 11.4. The number of imide groups is 1. The van der Waals surface area contributed by atoms with E-state index in [0.29, 0.717) is 17.9 Å². The SMILES string of the molecule is CCCCOC(=O)c1cc(NC(=O)CN2C(=O)S/C(=C\c3ccc(OCc4ccc5ccccc5c4)cc3)C2=O)ccc1Cl. The second-order valence-electron chi connectivity index (χ2n) is 10.0. The maximum absolute atomic E-state index is 13.0. The summed E-state index contributed by atoms with van der Waals surface area (Å²) in [6, 6.07) is 25.9. The van der Waals surface area contributed by atoms with Crippen LogP contribution >= 0.6 is 23.4 Å². The molecule has 0 aliphatic carbocycles. The number of thioether (sulfide) groups is 1. The van der Waals surface area contributed by atoms with Gasteiger partial charge in [0.05, 0.1) is 22.1 Å². The Hall–Kier alpha value is -4.60. The van der Waals surface area contributed by atoms with Gasteiger partial charge in [-0.05, 0) is 82.6 Å². The summed E-state index contributed by atoms with van der Waals surface area (Å²) in [5.41, 5.74) is 2.15. The van der Waals surface area contributed by atoms with Crippen LogP contribution < -0.4 is 10.1 Å². The fraction of sp³-hybridized carbons (Fsp3) is 0.176. The molecule has 5 rings (SSSR count). The van der Waals surface area contributed by atoms with Crippen molar-refractivity contribution in [2.24, 2.45) is 0 Å². The maximum atomic E-state index is 13.0. The molecule has 0 radical (unpaired) electrons. The molecule has 1 aliphatic rings. The van der Waals surface area contributed by atoms with E-state index < -0.39 is 29.6 Å². The number of benzene rings is 4. The fourth-order valence-corrected chi connectivity index (χ4v) is 5.47. The van der Waals surface area contributed by atoms with Crippen molar-refractivity contribution in [1.29, 1.82) is 0 Å². The van der Waals surface area contributed by atoms with E-state index in [0.717, 1.165) is 40.5 Å². The van der Waals surface area contributed by atoms with Gasteiger partial charge in [-0.2, -0.15) is 0 Å². The summed E-state index contributed by atoms with van der Waals surface area (Å²) in [6.45, 7) is 2.17.